The van der Waals surface area contributed by atoms with E-state index >= 15 is 0 Å². The maximum absolute atomic E-state index is 5.92. The van der Waals surface area contributed by atoms with Gasteiger partial charge in [0, 0.05) is 31.6 Å². The Bertz CT molecular complexity index is 965. The number of hydrogen-bond acceptors (Lipinski definition) is 6. The quantitative estimate of drug-likeness (QED) is 0.736. The third-order valence-electron chi connectivity index (χ3n) is 5.98. The van der Waals surface area contributed by atoms with Gasteiger partial charge in [0.15, 0.2) is 11.5 Å². The van der Waals surface area contributed by atoms with Gasteiger partial charge in [-0.15, -0.1) is 0 Å². The fourth-order valence-electron chi connectivity index (χ4n) is 4.88. The lowest BCUT2D eigenvalue weighted by molar-refractivity contribution is 0.279. The number of nitrogens with one attached hydrogen (secondary N) is 1. The number of anilines is 2. The first-order chi connectivity index (χ1) is 12.6. The molecule has 4 heterocycles. The highest BCUT2D eigenvalue weighted by atomic mass is 15.3. The monoisotopic (exact) mass is 349 g/mol. The largest absolute Gasteiger partial charge is 0.368 e. The van der Waals surface area contributed by atoms with Crippen molar-refractivity contribution in [3.05, 3.63) is 41.7 Å². The molecular formula is C19H23N7. The smallest absolute Gasteiger partial charge is 0.224 e. The molecule has 3 aromatic rings. The molecule has 134 valence electrons. The van der Waals surface area contributed by atoms with Gasteiger partial charge in [-0.05, 0) is 31.0 Å². The molecule has 5 rings (SSSR count). The molecule has 2 fully saturated rings. The maximum atomic E-state index is 5.92. The van der Waals surface area contributed by atoms with Crippen molar-refractivity contribution in [3.8, 4) is 0 Å². The molecule has 3 atom stereocenters. The number of aryl methyl sites for hydroxylation is 1. The zero-order chi connectivity index (χ0) is 17.8. The summed E-state index contributed by atoms with van der Waals surface area (Å²) in [6.45, 7) is 5.27. The van der Waals surface area contributed by atoms with E-state index in [-0.39, 0.29) is 5.95 Å². The van der Waals surface area contributed by atoms with Crippen LogP contribution in [-0.2, 0) is 0 Å². The summed E-state index contributed by atoms with van der Waals surface area (Å²) in [5.74, 6) is 2.36. The van der Waals surface area contributed by atoms with Crippen molar-refractivity contribution >= 4 is 22.9 Å². The molecule has 2 aromatic heterocycles. The van der Waals surface area contributed by atoms with Crippen LogP contribution in [0.4, 0.5) is 11.8 Å². The molecule has 7 nitrogen and oxygen atoms in total. The predicted octanol–water partition coefficient (Wildman–Crippen LogP) is 1.98. The van der Waals surface area contributed by atoms with Crippen molar-refractivity contribution in [1.29, 1.82) is 0 Å². The van der Waals surface area contributed by atoms with Crippen LogP contribution in [0.25, 0.3) is 11.2 Å². The molecule has 2 aliphatic rings. The Labute approximate surface area is 152 Å². The molecule has 0 radical (unpaired) electrons. The Kier molecular flexibility index (Phi) is 3.40. The Balaban J connectivity index is 1.50. The first-order valence-corrected chi connectivity index (χ1v) is 9.09. The van der Waals surface area contributed by atoms with Crippen LogP contribution in [-0.4, -0.2) is 51.5 Å². The van der Waals surface area contributed by atoms with E-state index in [1.807, 2.05) is 0 Å². The fraction of sp³-hybridized carbons (Fsp3) is 0.421. The van der Waals surface area contributed by atoms with Crippen LogP contribution in [0.5, 0.6) is 0 Å². The number of hydrogen-bond donors (Lipinski definition) is 2. The molecule has 2 saturated heterocycles. The first kappa shape index (κ1) is 15.6. The molecular weight excluding hydrogens is 326 g/mol. The second-order valence-corrected chi connectivity index (χ2v) is 7.58. The summed E-state index contributed by atoms with van der Waals surface area (Å²) in [5, 5.41) is 0. The van der Waals surface area contributed by atoms with Crippen molar-refractivity contribution in [2.45, 2.75) is 13.0 Å². The minimum atomic E-state index is 0.282. The number of benzene rings is 1. The van der Waals surface area contributed by atoms with Gasteiger partial charge in [-0.3, -0.25) is 4.90 Å². The molecule has 0 unspecified atom stereocenters. The number of likely N-dealkylation sites (tertiary alicyclic amines) is 1. The van der Waals surface area contributed by atoms with Gasteiger partial charge in [-0.1, -0.05) is 24.3 Å². The lowest BCUT2D eigenvalue weighted by Gasteiger charge is -2.28. The molecule has 0 spiro atoms. The van der Waals surface area contributed by atoms with Crippen molar-refractivity contribution < 1.29 is 0 Å². The van der Waals surface area contributed by atoms with Crippen molar-refractivity contribution in [1.82, 2.24) is 24.8 Å². The van der Waals surface area contributed by atoms with Crippen LogP contribution in [0.1, 0.15) is 17.2 Å². The zero-order valence-corrected chi connectivity index (χ0v) is 15.1. The van der Waals surface area contributed by atoms with Crippen molar-refractivity contribution in [2.75, 3.05) is 37.3 Å². The molecule has 0 amide bonds. The average molecular weight is 349 g/mol. The number of H-pyrrole nitrogens is 1. The van der Waals surface area contributed by atoms with Crippen LogP contribution >= 0.6 is 0 Å². The highest BCUT2D eigenvalue weighted by Gasteiger charge is 2.47. The van der Waals surface area contributed by atoms with Crippen LogP contribution in [0.15, 0.2) is 30.6 Å². The summed E-state index contributed by atoms with van der Waals surface area (Å²) in [5.41, 5.74) is 10.2. The van der Waals surface area contributed by atoms with E-state index < -0.39 is 0 Å². The number of nitrogen functional groups attached to an aromatic ring is 1. The van der Waals surface area contributed by atoms with Gasteiger partial charge < -0.3 is 15.6 Å². The molecule has 0 bridgehead atoms. The molecule has 3 N–H and O–H groups in total. The van der Waals surface area contributed by atoms with E-state index in [1.165, 1.54) is 11.1 Å². The Morgan fingerprint density at radius 3 is 2.85 bits per heavy atom. The standard InChI is InChI=1S/C19H23N7/c1-11-5-3-4-6-13(11)16-14-9-26(8-12(14)7-25(16)2)18-15-17(22-10-21-15)23-19(20)24-18/h3-6,10,12,14,16H,7-9H2,1-2H3,(H3,20,21,22,23,24)/t12-,14+,16+/m0/s1. The minimum Gasteiger partial charge on any atom is -0.368 e. The molecule has 7 heteroatoms. The molecule has 26 heavy (non-hydrogen) atoms. The highest BCUT2D eigenvalue weighted by Crippen LogP contribution is 2.46. The van der Waals surface area contributed by atoms with E-state index in [1.54, 1.807) is 6.33 Å². The number of rotatable bonds is 2. The Morgan fingerprint density at radius 1 is 1.15 bits per heavy atom. The summed E-state index contributed by atoms with van der Waals surface area (Å²) in [6.07, 6.45) is 1.66. The summed E-state index contributed by atoms with van der Waals surface area (Å²) < 4.78 is 0. The minimum absolute atomic E-state index is 0.282. The molecule has 1 aromatic carbocycles. The number of fused-ring (bicyclic) bond motifs is 2. The summed E-state index contributed by atoms with van der Waals surface area (Å²) in [7, 11) is 2.25. The Hall–Kier alpha value is -2.67. The SMILES string of the molecule is Cc1ccccc1[C@@H]1[C@@H]2CN(c3nc(N)nc4nc[nH]c34)C[C@@H]2CN1C. The van der Waals surface area contributed by atoms with Crippen LogP contribution < -0.4 is 10.6 Å². The third kappa shape index (κ3) is 2.27. The number of nitrogens with two attached hydrogens (primary N) is 1. The predicted molar refractivity (Wildman–Crippen MR) is 102 cm³/mol. The van der Waals surface area contributed by atoms with Gasteiger partial charge >= 0.3 is 0 Å². The van der Waals surface area contributed by atoms with E-state index in [0.717, 1.165) is 31.0 Å². The van der Waals surface area contributed by atoms with E-state index in [4.69, 9.17) is 5.73 Å². The first-order valence-electron chi connectivity index (χ1n) is 9.09. The van der Waals surface area contributed by atoms with Crippen molar-refractivity contribution in [3.63, 3.8) is 0 Å². The molecule has 2 aliphatic heterocycles. The summed E-state index contributed by atoms with van der Waals surface area (Å²) >= 11 is 0. The number of imidazole rings is 1. The molecule has 0 aliphatic carbocycles. The van der Waals surface area contributed by atoms with Gasteiger partial charge in [0.1, 0.15) is 5.52 Å². The number of nitrogens with zero attached hydrogens (tertiary/aromatic N) is 5. The van der Waals surface area contributed by atoms with E-state index in [0.29, 0.717) is 23.5 Å². The van der Waals surface area contributed by atoms with Crippen LogP contribution in [0, 0.1) is 18.8 Å². The summed E-state index contributed by atoms with van der Waals surface area (Å²) in [6, 6.07) is 9.20. The van der Waals surface area contributed by atoms with Crippen LogP contribution in [0.2, 0.25) is 0 Å². The average Bonchev–Trinajstić information content (AvgIpc) is 3.29. The van der Waals surface area contributed by atoms with Crippen molar-refractivity contribution in [2.24, 2.45) is 11.8 Å². The maximum Gasteiger partial charge on any atom is 0.224 e. The third-order valence-corrected chi connectivity index (χ3v) is 5.98. The zero-order valence-electron chi connectivity index (χ0n) is 15.1. The number of aromatic nitrogens is 4. The van der Waals surface area contributed by atoms with E-state index in [9.17, 15) is 0 Å². The fourth-order valence-corrected chi connectivity index (χ4v) is 4.88. The van der Waals surface area contributed by atoms with E-state index in [2.05, 4.69) is 68.0 Å². The van der Waals surface area contributed by atoms with Gasteiger partial charge in [0.2, 0.25) is 5.95 Å². The summed E-state index contributed by atoms with van der Waals surface area (Å²) in [4.78, 5) is 21.0. The lowest BCUT2D eigenvalue weighted by Crippen LogP contribution is -2.30. The van der Waals surface area contributed by atoms with Gasteiger partial charge in [0.25, 0.3) is 0 Å². The van der Waals surface area contributed by atoms with Gasteiger partial charge in [-0.2, -0.15) is 9.97 Å². The van der Waals surface area contributed by atoms with Crippen LogP contribution in [0.3, 0.4) is 0 Å². The second-order valence-electron chi connectivity index (χ2n) is 7.58. The normalized spacial score (nSPS) is 25.9. The molecule has 0 saturated carbocycles. The lowest BCUT2D eigenvalue weighted by atomic mass is 9.88. The second kappa shape index (κ2) is 5.67. The van der Waals surface area contributed by atoms with Gasteiger partial charge in [0.05, 0.1) is 6.33 Å². The topological polar surface area (TPSA) is 87.0 Å². The number of aromatic amines is 1. The highest BCUT2D eigenvalue weighted by molar-refractivity contribution is 5.84. The van der Waals surface area contributed by atoms with Gasteiger partial charge in [-0.25, -0.2) is 4.98 Å². The Morgan fingerprint density at radius 2 is 2.00 bits per heavy atom.